The summed E-state index contributed by atoms with van der Waals surface area (Å²) in [5.41, 5.74) is 1.39. The van der Waals surface area contributed by atoms with E-state index in [0.717, 1.165) is 10.9 Å². The SMILES string of the molecule is CC(C1CC1)N(C)C(=O)c1cc(Cl)nc2ccccc12. The molecule has 1 aromatic carbocycles. The maximum Gasteiger partial charge on any atom is 0.254 e. The minimum absolute atomic E-state index is 0.0184. The van der Waals surface area contributed by atoms with Crippen molar-refractivity contribution in [2.45, 2.75) is 25.8 Å². The monoisotopic (exact) mass is 288 g/mol. The molecule has 104 valence electrons. The van der Waals surface area contributed by atoms with Crippen molar-refractivity contribution < 1.29 is 4.79 Å². The summed E-state index contributed by atoms with van der Waals surface area (Å²) in [5.74, 6) is 0.664. The molecule has 0 saturated heterocycles. The van der Waals surface area contributed by atoms with Crippen LogP contribution < -0.4 is 0 Å². The number of halogens is 1. The van der Waals surface area contributed by atoms with Gasteiger partial charge in [-0.3, -0.25) is 4.79 Å². The molecule has 0 N–H and O–H groups in total. The molecule has 1 aliphatic carbocycles. The van der Waals surface area contributed by atoms with Crippen molar-refractivity contribution in [1.82, 2.24) is 9.88 Å². The molecule has 3 rings (SSSR count). The Morgan fingerprint density at radius 1 is 1.40 bits per heavy atom. The lowest BCUT2D eigenvalue weighted by Gasteiger charge is -2.25. The molecule has 0 spiro atoms. The molecule has 1 heterocycles. The van der Waals surface area contributed by atoms with Gasteiger partial charge >= 0.3 is 0 Å². The van der Waals surface area contributed by atoms with E-state index in [4.69, 9.17) is 11.6 Å². The van der Waals surface area contributed by atoms with Crippen LogP contribution >= 0.6 is 11.6 Å². The molecule has 2 aromatic rings. The average Bonchev–Trinajstić information content (AvgIpc) is 3.28. The second-order valence-electron chi connectivity index (χ2n) is 5.50. The predicted molar refractivity (Wildman–Crippen MR) is 81.0 cm³/mol. The molecule has 0 radical (unpaired) electrons. The third-order valence-electron chi connectivity index (χ3n) is 4.15. The van der Waals surface area contributed by atoms with Crippen LogP contribution in [-0.2, 0) is 0 Å². The van der Waals surface area contributed by atoms with E-state index in [9.17, 15) is 4.79 Å². The first-order valence-electron chi connectivity index (χ1n) is 6.90. The molecule has 4 heteroatoms. The minimum Gasteiger partial charge on any atom is -0.339 e. The fourth-order valence-electron chi connectivity index (χ4n) is 2.59. The van der Waals surface area contributed by atoms with Crippen molar-refractivity contribution in [3.8, 4) is 0 Å². The standard InChI is InChI=1S/C16H17ClN2O/c1-10(11-7-8-11)19(2)16(20)13-9-15(17)18-14-6-4-3-5-12(13)14/h3-6,9-11H,7-8H2,1-2H3. The van der Waals surface area contributed by atoms with E-state index in [-0.39, 0.29) is 11.9 Å². The highest BCUT2D eigenvalue weighted by molar-refractivity contribution is 6.30. The van der Waals surface area contributed by atoms with Gasteiger partial charge in [0.25, 0.3) is 5.91 Å². The van der Waals surface area contributed by atoms with E-state index < -0.39 is 0 Å². The van der Waals surface area contributed by atoms with Crippen molar-refractivity contribution in [2.24, 2.45) is 5.92 Å². The number of carbonyl (C=O) groups is 1. The number of para-hydroxylation sites is 1. The van der Waals surface area contributed by atoms with Gasteiger partial charge in [-0.15, -0.1) is 0 Å². The second kappa shape index (κ2) is 5.06. The second-order valence-corrected chi connectivity index (χ2v) is 5.89. The van der Waals surface area contributed by atoms with Gasteiger partial charge in [0.15, 0.2) is 0 Å². The highest BCUT2D eigenvalue weighted by Crippen LogP contribution is 2.35. The van der Waals surface area contributed by atoms with Gasteiger partial charge in [0, 0.05) is 18.5 Å². The van der Waals surface area contributed by atoms with E-state index in [2.05, 4.69) is 11.9 Å². The zero-order valence-corrected chi connectivity index (χ0v) is 12.4. The average molecular weight is 289 g/mol. The first kappa shape index (κ1) is 13.4. The van der Waals surface area contributed by atoms with Crippen LogP contribution in [0.15, 0.2) is 30.3 Å². The fourth-order valence-corrected chi connectivity index (χ4v) is 2.79. The number of amides is 1. The molecule has 1 aromatic heterocycles. The predicted octanol–water partition coefficient (Wildman–Crippen LogP) is 3.76. The zero-order valence-electron chi connectivity index (χ0n) is 11.6. The fraction of sp³-hybridized carbons (Fsp3) is 0.375. The molecule has 20 heavy (non-hydrogen) atoms. The number of rotatable bonds is 3. The van der Waals surface area contributed by atoms with Crippen LogP contribution in [0.5, 0.6) is 0 Å². The van der Waals surface area contributed by atoms with Crippen LogP contribution in [-0.4, -0.2) is 28.9 Å². The van der Waals surface area contributed by atoms with Crippen LogP contribution in [0.3, 0.4) is 0 Å². The molecule has 0 aliphatic heterocycles. The number of pyridine rings is 1. The van der Waals surface area contributed by atoms with E-state index >= 15 is 0 Å². The Labute approximate surface area is 123 Å². The van der Waals surface area contributed by atoms with Crippen LogP contribution in [0.25, 0.3) is 10.9 Å². The van der Waals surface area contributed by atoms with Gasteiger partial charge in [-0.1, -0.05) is 29.8 Å². The van der Waals surface area contributed by atoms with Crippen LogP contribution in [0.1, 0.15) is 30.1 Å². The van der Waals surface area contributed by atoms with E-state index in [1.165, 1.54) is 12.8 Å². The van der Waals surface area contributed by atoms with E-state index in [1.54, 1.807) is 6.07 Å². The zero-order chi connectivity index (χ0) is 14.3. The van der Waals surface area contributed by atoms with Gasteiger partial charge in [-0.2, -0.15) is 0 Å². The molecule has 1 atom stereocenters. The summed E-state index contributed by atoms with van der Waals surface area (Å²) in [6.45, 7) is 2.11. The summed E-state index contributed by atoms with van der Waals surface area (Å²) in [4.78, 5) is 18.8. The Kier molecular flexibility index (Phi) is 3.38. The Morgan fingerprint density at radius 3 is 2.80 bits per heavy atom. The lowest BCUT2D eigenvalue weighted by molar-refractivity contribution is 0.0729. The summed E-state index contributed by atoms with van der Waals surface area (Å²) in [5, 5.41) is 1.22. The number of carbonyl (C=O) groups excluding carboxylic acids is 1. The number of hydrogen-bond donors (Lipinski definition) is 0. The highest BCUT2D eigenvalue weighted by atomic mass is 35.5. The van der Waals surface area contributed by atoms with E-state index in [0.29, 0.717) is 16.6 Å². The molecule has 1 amide bonds. The lowest BCUT2D eigenvalue weighted by Crippen LogP contribution is -2.36. The normalized spacial score (nSPS) is 16.1. The number of benzene rings is 1. The van der Waals surface area contributed by atoms with Gasteiger partial charge in [-0.05, 0) is 37.8 Å². The topological polar surface area (TPSA) is 33.2 Å². The molecule has 1 aliphatic rings. The maximum absolute atomic E-state index is 12.7. The third kappa shape index (κ3) is 2.38. The smallest absolute Gasteiger partial charge is 0.254 e. The molecular weight excluding hydrogens is 272 g/mol. The van der Waals surface area contributed by atoms with Gasteiger partial charge in [0.2, 0.25) is 0 Å². The summed E-state index contributed by atoms with van der Waals surface area (Å²) in [7, 11) is 1.87. The van der Waals surface area contributed by atoms with Crippen LogP contribution in [0.2, 0.25) is 5.15 Å². The summed E-state index contributed by atoms with van der Waals surface area (Å²) in [6.07, 6.45) is 2.44. The van der Waals surface area contributed by atoms with Crippen molar-refractivity contribution in [2.75, 3.05) is 7.05 Å². The van der Waals surface area contributed by atoms with Crippen molar-refractivity contribution in [3.63, 3.8) is 0 Å². The highest BCUT2D eigenvalue weighted by Gasteiger charge is 2.33. The summed E-state index contributed by atoms with van der Waals surface area (Å²) in [6, 6.07) is 9.55. The Balaban J connectivity index is 2.02. The number of fused-ring (bicyclic) bond motifs is 1. The first-order valence-corrected chi connectivity index (χ1v) is 7.28. The quantitative estimate of drug-likeness (QED) is 0.806. The minimum atomic E-state index is 0.0184. The lowest BCUT2D eigenvalue weighted by atomic mass is 10.1. The Hall–Kier alpha value is -1.61. The van der Waals surface area contributed by atoms with Gasteiger partial charge in [0.1, 0.15) is 5.15 Å². The number of nitrogens with zero attached hydrogens (tertiary/aromatic N) is 2. The molecule has 1 fully saturated rings. The largest absolute Gasteiger partial charge is 0.339 e. The molecule has 3 nitrogen and oxygen atoms in total. The molecule has 0 bridgehead atoms. The third-order valence-corrected chi connectivity index (χ3v) is 4.34. The Morgan fingerprint density at radius 2 is 2.10 bits per heavy atom. The van der Waals surface area contributed by atoms with Crippen molar-refractivity contribution in [1.29, 1.82) is 0 Å². The van der Waals surface area contributed by atoms with Crippen molar-refractivity contribution >= 4 is 28.4 Å². The van der Waals surface area contributed by atoms with Gasteiger partial charge in [0.05, 0.1) is 11.1 Å². The number of aromatic nitrogens is 1. The van der Waals surface area contributed by atoms with E-state index in [1.807, 2.05) is 36.2 Å². The van der Waals surface area contributed by atoms with Crippen LogP contribution in [0, 0.1) is 5.92 Å². The van der Waals surface area contributed by atoms with Crippen molar-refractivity contribution in [3.05, 3.63) is 41.0 Å². The Bertz CT molecular complexity index is 667. The molecular formula is C16H17ClN2O. The molecule has 1 unspecified atom stereocenters. The summed E-state index contributed by atoms with van der Waals surface area (Å²) >= 11 is 6.05. The molecule has 1 saturated carbocycles. The van der Waals surface area contributed by atoms with Crippen LogP contribution in [0.4, 0.5) is 0 Å². The van der Waals surface area contributed by atoms with Gasteiger partial charge in [-0.25, -0.2) is 4.98 Å². The summed E-state index contributed by atoms with van der Waals surface area (Å²) < 4.78 is 0. The number of hydrogen-bond acceptors (Lipinski definition) is 2. The maximum atomic E-state index is 12.7. The van der Waals surface area contributed by atoms with Gasteiger partial charge < -0.3 is 4.90 Å². The first-order chi connectivity index (χ1) is 9.58.